The zero-order valence-corrected chi connectivity index (χ0v) is 17.2. The highest BCUT2D eigenvalue weighted by molar-refractivity contribution is 8.15. The first-order valence-electron chi connectivity index (χ1n) is 9.58. The molecule has 2 aromatic rings. The Labute approximate surface area is 174 Å². The number of hydrogen-bond donors (Lipinski definition) is 1. The number of benzene rings is 2. The first-order valence-corrected chi connectivity index (χ1v) is 10.5. The van der Waals surface area contributed by atoms with Crippen LogP contribution in [0.2, 0.25) is 0 Å². The number of nitrogens with zero attached hydrogens (tertiary/aromatic N) is 1. The molecule has 3 atom stereocenters. The van der Waals surface area contributed by atoms with E-state index in [1.165, 1.54) is 11.8 Å². The van der Waals surface area contributed by atoms with Gasteiger partial charge in [-0.1, -0.05) is 60.3 Å². The Kier molecular flexibility index (Phi) is 7.30. The molecular formula is C22H24N2O4S. The Hall–Kier alpha value is -2.80. The van der Waals surface area contributed by atoms with Crippen LogP contribution in [-0.4, -0.2) is 35.6 Å². The fourth-order valence-electron chi connectivity index (χ4n) is 3.15. The van der Waals surface area contributed by atoms with Crippen LogP contribution in [0.5, 0.6) is 0 Å². The molecule has 1 N–H and O–H groups in total. The number of anilines is 1. The average molecular weight is 413 g/mol. The van der Waals surface area contributed by atoms with Gasteiger partial charge in [0.1, 0.15) is 11.2 Å². The van der Waals surface area contributed by atoms with Crippen molar-refractivity contribution in [2.75, 3.05) is 18.5 Å². The van der Waals surface area contributed by atoms with E-state index in [0.717, 1.165) is 11.3 Å². The minimum absolute atomic E-state index is 0.232. The number of nitrogens with one attached hydrogen (secondary N) is 1. The molecule has 0 aromatic heterocycles. The van der Waals surface area contributed by atoms with Gasteiger partial charge in [-0.15, -0.1) is 0 Å². The Balaban J connectivity index is 2.02. The molecule has 0 bridgehead atoms. The molecule has 152 valence electrons. The van der Waals surface area contributed by atoms with E-state index >= 15 is 0 Å². The highest BCUT2D eigenvalue weighted by Gasteiger charge is 2.46. The highest BCUT2D eigenvalue weighted by Crippen LogP contribution is 2.41. The van der Waals surface area contributed by atoms with Crippen LogP contribution in [0, 0.1) is 5.92 Å². The summed E-state index contributed by atoms with van der Waals surface area (Å²) < 4.78 is 10.6. The minimum atomic E-state index is -0.775. The summed E-state index contributed by atoms with van der Waals surface area (Å²) in [7, 11) is 0. The van der Waals surface area contributed by atoms with E-state index < -0.39 is 29.1 Å². The summed E-state index contributed by atoms with van der Waals surface area (Å²) in [5, 5.41) is 3.05. The number of rotatable bonds is 6. The summed E-state index contributed by atoms with van der Waals surface area (Å²) in [5.74, 6) is -1.67. The smallest absolute Gasteiger partial charge is 0.320 e. The summed E-state index contributed by atoms with van der Waals surface area (Å²) in [6.45, 7) is 3.96. The van der Waals surface area contributed by atoms with Crippen molar-refractivity contribution < 1.29 is 19.1 Å². The molecule has 0 radical (unpaired) electrons. The number of para-hydroxylation sites is 1. The van der Waals surface area contributed by atoms with E-state index in [4.69, 9.17) is 14.5 Å². The Morgan fingerprint density at radius 3 is 2.14 bits per heavy atom. The number of carbonyl (C=O) groups excluding carboxylic acids is 2. The van der Waals surface area contributed by atoms with Gasteiger partial charge >= 0.3 is 11.9 Å². The number of carbonyl (C=O) groups is 2. The third-order valence-corrected chi connectivity index (χ3v) is 5.58. The molecule has 1 heterocycles. The predicted molar refractivity (Wildman–Crippen MR) is 115 cm³/mol. The molecule has 0 spiro atoms. The van der Waals surface area contributed by atoms with Crippen LogP contribution in [0.3, 0.4) is 0 Å². The summed E-state index contributed by atoms with van der Waals surface area (Å²) in [5.41, 5.74) is 1.69. The van der Waals surface area contributed by atoms with Crippen LogP contribution in [0.1, 0.15) is 25.5 Å². The van der Waals surface area contributed by atoms with Crippen molar-refractivity contribution in [1.82, 2.24) is 0 Å². The summed E-state index contributed by atoms with van der Waals surface area (Å²) in [6, 6.07) is 18.5. The number of aliphatic imine (C=N–C) groups is 1. The van der Waals surface area contributed by atoms with E-state index in [1.54, 1.807) is 13.8 Å². The SMILES string of the molecule is CCOC(=O)[C@H]1[C@H](C(=O)OCC)SC(Nc2ccccc2)=N[C@H]1c1ccccc1. The molecule has 0 saturated heterocycles. The topological polar surface area (TPSA) is 77.0 Å². The van der Waals surface area contributed by atoms with Crippen molar-refractivity contribution >= 4 is 34.6 Å². The molecule has 0 aliphatic carbocycles. The number of esters is 2. The molecule has 29 heavy (non-hydrogen) atoms. The monoisotopic (exact) mass is 412 g/mol. The van der Waals surface area contributed by atoms with Crippen molar-refractivity contribution in [3.05, 3.63) is 66.2 Å². The van der Waals surface area contributed by atoms with Crippen LogP contribution in [0.15, 0.2) is 65.7 Å². The van der Waals surface area contributed by atoms with Gasteiger partial charge in [-0.3, -0.25) is 14.6 Å². The molecule has 0 saturated carbocycles. The number of ether oxygens (including phenoxy) is 2. The number of thioether (sulfide) groups is 1. The first kappa shape index (κ1) is 20.9. The van der Waals surface area contributed by atoms with Gasteiger partial charge in [-0.05, 0) is 31.5 Å². The lowest BCUT2D eigenvalue weighted by molar-refractivity contribution is -0.154. The summed E-state index contributed by atoms with van der Waals surface area (Å²) >= 11 is 1.20. The Morgan fingerprint density at radius 2 is 1.52 bits per heavy atom. The van der Waals surface area contributed by atoms with Crippen LogP contribution in [0.4, 0.5) is 5.69 Å². The molecule has 0 unspecified atom stereocenters. The molecule has 1 aliphatic rings. The van der Waals surface area contributed by atoms with Gasteiger partial charge in [0.15, 0.2) is 5.17 Å². The second kappa shape index (κ2) is 10.1. The lowest BCUT2D eigenvalue weighted by atomic mass is 9.90. The predicted octanol–water partition coefficient (Wildman–Crippen LogP) is 4.05. The third kappa shape index (κ3) is 5.17. The number of amidine groups is 1. The van der Waals surface area contributed by atoms with Crippen LogP contribution < -0.4 is 5.32 Å². The maximum Gasteiger partial charge on any atom is 0.320 e. The van der Waals surface area contributed by atoms with Gasteiger partial charge in [-0.25, -0.2) is 0 Å². The molecular weight excluding hydrogens is 388 g/mol. The number of hydrogen-bond acceptors (Lipinski definition) is 7. The van der Waals surface area contributed by atoms with Crippen molar-refractivity contribution in [2.24, 2.45) is 10.9 Å². The maximum atomic E-state index is 12.8. The Morgan fingerprint density at radius 1 is 0.931 bits per heavy atom. The van der Waals surface area contributed by atoms with E-state index in [2.05, 4.69) is 5.32 Å². The zero-order valence-electron chi connectivity index (χ0n) is 16.4. The van der Waals surface area contributed by atoms with Crippen molar-refractivity contribution in [3.63, 3.8) is 0 Å². The van der Waals surface area contributed by atoms with Gasteiger partial charge in [0.2, 0.25) is 0 Å². The molecule has 0 fully saturated rings. The quantitative estimate of drug-likeness (QED) is 0.721. The zero-order chi connectivity index (χ0) is 20.6. The molecule has 3 rings (SSSR count). The van der Waals surface area contributed by atoms with Gasteiger partial charge in [0.05, 0.1) is 19.3 Å². The van der Waals surface area contributed by atoms with Crippen molar-refractivity contribution in [2.45, 2.75) is 25.1 Å². The molecule has 7 heteroatoms. The normalized spacial score (nSPS) is 21.0. The lowest BCUT2D eigenvalue weighted by Crippen LogP contribution is -2.42. The van der Waals surface area contributed by atoms with Crippen molar-refractivity contribution in [3.8, 4) is 0 Å². The summed E-state index contributed by atoms with van der Waals surface area (Å²) in [4.78, 5) is 30.4. The second-order valence-electron chi connectivity index (χ2n) is 6.35. The molecule has 2 aromatic carbocycles. The van der Waals surface area contributed by atoms with Gasteiger partial charge in [-0.2, -0.15) is 0 Å². The highest BCUT2D eigenvalue weighted by atomic mass is 32.2. The Bertz CT molecular complexity index is 858. The lowest BCUT2D eigenvalue weighted by Gasteiger charge is -2.33. The van der Waals surface area contributed by atoms with Gasteiger partial charge in [0.25, 0.3) is 0 Å². The van der Waals surface area contributed by atoms with E-state index in [9.17, 15) is 9.59 Å². The first-order chi connectivity index (χ1) is 14.1. The van der Waals surface area contributed by atoms with Crippen LogP contribution in [-0.2, 0) is 19.1 Å². The van der Waals surface area contributed by atoms with Gasteiger partial charge in [0, 0.05) is 5.69 Å². The third-order valence-electron chi connectivity index (χ3n) is 4.41. The average Bonchev–Trinajstić information content (AvgIpc) is 2.75. The fraction of sp³-hybridized carbons (Fsp3) is 0.318. The van der Waals surface area contributed by atoms with E-state index in [1.807, 2.05) is 60.7 Å². The van der Waals surface area contributed by atoms with E-state index in [-0.39, 0.29) is 13.2 Å². The summed E-state index contributed by atoms with van der Waals surface area (Å²) in [6.07, 6.45) is 0. The van der Waals surface area contributed by atoms with Gasteiger partial charge < -0.3 is 14.8 Å². The van der Waals surface area contributed by atoms with Crippen LogP contribution in [0.25, 0.3) is 0 Å². The van der Waals surface area contributed by atoms with Crippen LogP contribution >= 0.6 is 11.8 Å². The molecule has 6 nitrogen and oxygen atoms in total. The second-order valence-corrected chi connectivity index (χ2v) is 7.48. The fourth-order valence-corrected chi connectivity index (χ4v) is 4.31. The standard InChI is InChI=1S/C22H24N2O4S/c1-3-27-20(25)17-18(15-11-7-5-8-12-15)24-22(23-16-13-9-6-10-14-16)29-19(17)21(26)28-4-2/h5-14,17-19H,3-4H2,1-2H3,(H,23,24)/t17-,18+,19-/m1/s1. The van der Waals surface area contributed by atoms with Crippen molar-refractivity contribution in [1.29, 1.82) is 0 Å². The molecule has 1 aliphatic heterocycles. The largest absolute Gasteiger partial charge is 0.466 e. The maximum absolute atomic E-state index is 12.8. The minimum Gasteiger partial charge on any atom is -0.466 e. The molecule has 0 amide bonds. The van der Waals surface area contributed by atoms with E-state index in [0.29, 0.717) is 5.17 Å².